The number of nitrogen functional groups attached to an aromatic ring is 1. The number of rotatable bonds is 2. The van der Waals surface area contributed by atoms with Gasteiger partial charge in [0, 0.05) is 5.56 Å². The summed E-state index contributed by atoms with van der Waals surface area (Å²) in [5, 5.41) is 3.90. The van der Waals surface area contributed by atoms with Gasteiger partial charge in [-0.25, -0.2) is 0 Å². The summed E-state index contributed by atoms with van der Waals surface area (Å²) in [7, 11) is 0. The third kappa shape index (κ3) is 1.93. The fourth-order valence-corrected chi connectivity index (χ4v) is 1.56. The minimum Gasteiger partial charge on any atom is -0.397 e. The normalized spacial score (nSPS) is 10.4. The van der Waals surface area contributed by atoms with Crippen LogP contribution >= 0.6 is 0 Å². The van der Waals surface area contributed by atoms with Crippen LogP contribution < -0.4 is 5.73 Å². The van der Waals surface area contributed by atoms with Gasteiger partial charge in [0.1, 0.15) is 5.69 Å². The minimum atomic E-state index is 0.453. The molecule has 0 bridgehead atoms. The number of nitrogens with two attached hydrogens (primary N) is 1. The molecule has 2 aromatic heterocycles. The number of hydrogen-bond donors (Lipinski definition) is 1. The summed E-state index contributed by atoms with van der Waals surface area (Å²) in [5.41, 5.74) is 7.69. The van der Waals surface area contributed by atoms with Crippen LogP contribution in [-0.2, 0) is 0 Å². The highest BCUT2D eigenvalue weighted by Crippen LogP contribution is 2.20. The molecule has 18 heavy (non-hydrogen) atoms. The van der Waals surface area contributed by atoms with Crippen molar-refractivity contribution in [3.8, 4) is 23.0 Å². The van der Waals surface area contributed by atoms with Gasteiger partial charge >= 0.3 is 0 Å². The number of hydrogen-bond acceptors (Lipinski definition) is 5. The Balaban J connectivity index is 1.97. The van der Waals surface area contributed by atoms with Gasteiger partial charge in [-0.05, 0) is 24.3 Å². The van der Waals surface area contributed by atoms with Gasteiger partial charge in [0.05, 0.1) is 11.9 Å². The molecule has 5 nitrogen and oxygen atoms in total. The zero-order chi connectivity index (χ0) is 12.4. The molecule has 2 heterocycles. The topological polar surface area (TPSA) is 77.8 Å². The Morgan fingerprint density at radius 1 is 1.00 bits per heavy atom. The van der Waals surface area contributed by atoms with Crippen LogP contribution in [0.15, 0.2) is 53.2 Å². The number of pyridine rings is 1. The number of nitrogens with zero attached hydrogens (tertiary/aromatic N) is 3. The highest BCUT2D eigenvalue weighted by Gasteiger charge is 2.10. The molecule has 0 saturated carbocycles. The quantitative estimate of drug-likeness (QED) is 0.741. The Bertz CT molecular complexity index is 646. The highest BCUT2D eigenvalue weighted by atomic mass is 16.5. The van der Waals surface area contributed by atoms with Crippen molar-refractivity contribution < 1.29 is 4.52 Å². The average molecular weight is 238 g/mol. The van der Waals surface area contributed by atoms with Gasteiger partial charge in [-0.3, -0.25) is 4.98 Å². The van der Waals surface area contributed by atoms with Crippen molar-refractivity contribution in [1.29, 1.82) is 0 Å². The molecular formula is C13H10N4O. The Hall–Kier alpha value is -2.69. The van der Waals surface area contributed by atoms with Crippen LogP contribution in [0.2, 0.25) is 0 Å². The van der Waals surface area contributed by atoms with Gasteiger partial charge in [0.25, 0.3) is 5.89 Å². The second kappa shape index (κ2) is 4.29. The van der Waals surface area contributed by atoms with E-state index in [-0.39, 0.29) is 0 Å². The van der Waals surface area contributed by atoms with E-state index in [1.807, 2.05) is 30.3 Å². The van der Waals surface area contributed by atoms with Crippen molar-refractivity contribution in [3.05, 3.63) is 48.7 Å². The zero-order valence-corrected chi connectivity index (χ0v) is 9.45. The van der Waals surface area contributed by atoms with Crippen molar-refractivity contribution in [2.45, 2.75) is 0 Å². The largest absolute Gasteiger partial charge is 0.397 e. The van der Waals surface area contributed by atoms with Gasteiger partial charge in [-0.1, -0.05) is 23.4 Å². The van der Waals surface area contributed by atoms with E-state index in [0.717, 1.165) is 5.56 Å². The van der Waals surface area contributed by atoms with E-state index >= 15 is 0 Å². The van der Waals surface area contributed by atoms with E-state index in [9.17, 15) is 0 Å². The molecule has 0 amide bonds. The Kier molecular flexibility index (Phi) is 2.49. The summed E-state index contributed by atoms with van der Waals surface area (Å²) in [6.45, 7) is 0. The van der Waals surface area contributed by atoms with Gasteiger partial charge in [-0.2, -0.15) is 4.98 Å². The SMILES string of the molecule is Nc1ccc(-c2noc(-c3ccccc3)n2)nc1. The third-order valence-corrected chi connectivity index (χ3v) is 2.46. The molecule has 88 valence electrons. The molecule has 0 atom stereocenters. The summed E-state index contributed by atoms with van der Waals surface area (Å²) in [6, 6.07) is 13.1. The molecule has 2 N–H and O–H groups in total. The summed E-state index contributed by atoms with van der Waals surface area (Å²) in [5.74, 6) is 0.929. The maximum atomic E-state index is 5.57. The van der Waals surface area contributed by atoms with Gasteiger partial charge in [-0.15, -0.1) is 0 Å². The van der Waals surface area contributed by atoms with Crippen molar-refractivity contribution in [2.75, 3.05) is 5.73 Å². The van der Waals surface area contributed by atoms with Crippen molar-refractivity contribution in [2.24, 2.45) is 0 Å². The van der Waals surface area contributed by atoms with Crippen LogP contribution in [0.4, 0.5) is 5.69 Å². The second-order valence-corrected chi connectivity index (χ2v) is 3.77. The maximum Gasteiger partial charge on any atom is 0.258 e. The van der Waals surface area contributed by atoms with Gasteiger partial charge in [0.2, 0.25) is 5.82 Å². The van der Waals surface area contributed by atoms with Crippen LogP contribution in [-0.4, -0.2) is 15.1 Å². The van der Waals surface area contributed by atoms with Crippen LogP contribution in [0, 0.1) is 0 Å². The lowest BCUT2D eigenvalue weighted by Gasteiger charge is -1.93. The lowest BCUT2D eigenvalue weighted by molar-refractivity contribution is 0.432. The van der Waals surface area contributed by atoms with Crippen molar-refractivity contribution >= 4 is 5.69 Å². The monoisotopic (exact) mass is 238 g/mol. The predicted octanol–water partition coefficient (Wildman–Crippen LogP) is 2.38. The molecule has 0 fully saturated rings. The van der Waals surface area contributed by atoms with E-state index in [1.54, 1.807) is 18.3 Å². The first-order valence-electron chi connectivity index (χ1n) is 5.44. The van der Waals surface area contributed by atoms with Crippen molar-refractivity contribution in [1.82, 2.24) is 15.1 Å². The van der Waals surface area contributed by atoms with E-state index in [0.29, 0.717) is 23.1 Å². The molecule has 0 aliphatic heterocycles. The molecule has 0 radical (unpaired) electrons. The summed E-state index contributed by atoms with van der Waals surface area (Å²) in [4.78, 5) is 8.44. The molecule has 3 aromatic rings. The number of benzene rings is 1. The zero-order valence-electron chi connectivity index (χ0n) is 9.45. The molecule has 0 aliphatic rings. The van der Waals surface area contributed by atoms with E-state index < -0.39 is 0 Å². The van der Waals surface area contributed by atoms with Gasteiger partial charge < -0.3 is 10.3 Å². The highest BCUT2D eigenvalue weighted by molar-refractivity contribution is 5.57. The average Bonchev–Trinajstić information content (AvgIpc) is 2.90. The molecule has 0 saturated heterocycles. The summed E-state index contributed by atoms with van der Waals surface area (Å²) < 4.78 is 5.20. The second-order valence-electron chi connectivity index (χ2n) is 3.77. The van der Waals surface area contributed by atoms with E-state index in [4.69, 9.17) is 10.3 Å². The molecule has 0 spiro atoms. The summed E-state index contributed by atoms with van der Waals surface area (Å²) >= 11 is 0. The first-order chi connectivity index (χ1) is 8.83. The van der Waals surface area contributed by atoms with Crippen LogP contribution in [0.5, 0.6) is 0 Å². The number of aromatic nitrogens is 3. The Morgan fingerprint density at radius 2 is 1.83 bits per heavy atom. The molecule has 0 aliphatic carbocycles. The van der Waals surface area contributed by atoms with Crippen LogP contribution in [0.25, 0.3) is 23.0 Å². The van der Waals surface area contributed by atoms with E-state index in [1.165, 1.54) is 0 Å². The lowest BCUT2D eigenvalue weighted by Crippen LogP contribution is -1.89. The Labute approximate surface area is 103 Å². The van der Waals surface area contributed by atoms with Crippen molar-refractivity contribution in [3.63, 3.8) is 0 Å². The molecule has 0 unspecified atom stereocenters. The first kappa shape index (κ1) is 10.5. The molecule has 1 aromatic carbocycles. The standard InChI is InChI=1S/C13H10N4O/c14-10-6-7-11(15-8-10)12-16-13(18-17-12)9-4-2-1-3-5-9/h1-8H,14H2. The smallest absolute Gasteiger partial charge is 0.258 e. The van der Waals surface area contributed by atoms with Gasteiger partial charge in [0.15, 0.2) is 0 Å². The minimum absolute atomic E-state index is 0.453. The Morgan fingerprint density at radius 3 is 2.56 bits per heavy atom. The first-order valence-corrected chi connectivity index (χ1v) is 5.44. The molecule has 3 rings (SSSR count). The lowest BCUT2D eigenvalue weighted by atomic mass is 10.2. The third-order valence-electron chi connectivity index (χ3n) is 2.46. The van der Waals surface area contributed by atoms with Crippen LogP contribution in [0.3, 0.4) is 0 Å². The predicted molar refractivity (Wildman–Crippen MR) is 67.4 cm³/mol. The number of anilines is 1. The molecular weight excluding hydrogens is 228 g/mol. The fraction of sp³-hybridized carbons (Fsp3) is 0. The fourth-order valence-electron chi connectivity index (χ4n) is 1.56. The van der Waals surface area contributed by atoms with E-state index in [2.05, 4.69) is 15.1 Å². The maximum absolute atomic E-state index is 5.57. The van der Waals surface area contributed by atoms with Crippen LogP contribution in [0.1, 0.15) is 0 Å². The summed E-state index contributed by atoms with van der Waals surface area (Å²) in [6.07, 6.45) is 1.56. The molecule has 5 heteroatoms.